The first-order valence-electron chi connectivity index (χ1n) is 5.46. The van der Waals surface area contributed by atoms with Gasteiger partial charge in [0, 0.05) is 0 Å². The van der Waals surface area contributed by atoms with E-state index in [4.69, 9.17) is 4.55 Å². The molecule has 1 aromatic rings. The van der Waals surface area contributed by atoms with Crippen molar-refractivity contribution in [2.45, 2.75) is 39.5 Å². The van der Waals surface area contributed by atoms with Crippen LogP contribution in [0.15, 0.2) is 4.90 Å². The number of hydrogen-bond acceptors (Lipinski definition) is 4. The molecule has 0 atom stereocenters. The lowest BCUT2D eigenvalue weighted by Crippen LogP contribution is -2.31. The molecule has 0 bridgehead atoms. The molecule has 0 aromatic heterocycles. The lowest BCUT2D eigenvalue weighted by molar-refractivity contribution is 0.477. The van der Waals surface area contributed by atoms with Gasteiger partial charge in [-0.2, -0.15) is 8.42 Å². The van der Waals surface area contributed by atoms with Gasteiger partial charge in [-0.3, -0.25) is 4.55 Å². The SMILES string of the molecule is Cc1c(C)c(C)c(S(=O)(=O)NS(=O)(=O)O)c(C)c1C. The summed E-state index contributed by atoms with van der Waals surface area (Å²) in [4.78, 5) is -0.106. The minimum Gasteiger partial charge on any atom is -0.273 e. The van der Waals surface area contributed by atoms with Crippen molar-refractivity contribution >= 4 is 20.3 Å². The summed E-state index contributed by atoms with van der Waals surface area (Å²) in [6.07, 6.45) is 0. The monoisotopic (exact) mass is 307 g/mol. The van der Waals surface area contributed by atoms with E-state index in [1.807, 2.05) is 6.92 Å². The third-order valence-electron chi connectivity index (χ3n) is 3.41. The molecule has 0 saturated heterocycles. The highest BCUT2D eigenvalue weighted by molar-refractivity contribution is 8.02. The molecule has 0 amide bonds. The Balaban J connectivity index is 3.71. The molecular weight excluding hydrogens is 290 g/mol. The van der Waals surface area contributed by atoms with E-state index in [0.717, 1.165) is 16.7 Å². The molecule has 1 aromatic carbocycles. The average molecular weight is 307 g/mol. The van der Waals surface area contributed by atoms with Crippen molar-refractivity contribution in [2.75, 3.05) is 0 Å². The third kappa shape index (κ3) is 3.14. The van der Waals surface area contributed by atoms with Crippen LogP contribution >= 0.6 is 0 Å². The summed E-state index contributed by atoms with van der Waals surface area (Å²) in [5.41, 5.74) is 3.45. The van der Waals surface area contributed by atoms with Crippen molar-refractivity contribution in [3.8, 4) is 0 Å². The normalized spacial score (nSPS) is 12.7. The molecule has 0 aliphatic carbocycles. The topological polar surface area (TPSA) is 101 Å². The van der Waals surface area contributed by atoms with Crippen molar-refractivity contribution in [1.29, 1.82) is 0 Å². The maximum atomic E-state index is 12.1. The number of sulfonamides is 1. The van der Waals surface area contributed by atoms with E-state index in [1.165, 1.54) is 4.13 Å². The quantitative estimate of drug-likeness (QED) is 0.820. The van der Waals surface area contributed by atoms with E-state index in [1.54, 1.807) is 27.7 Å². The minimum atomic E-state index is -4.84. The van der Waals surface area contributed by atoms with Crippen molar-refractivity contribution in [1.82, 2.24) is 4.13 Å². The fourth-order valence-corrected chi connectivity index (χ4v) is 4.60. The Morgan fingerprint density at radius 2 is 1.05 bits per heavy atom. The van der Waals surface area contributed by atoms with Crippen LogP contribution in [0, 0.1) is 34.6 Å². The van der Waals surface area contributed by atoms with E-state index < -0.39 is 20.3 Å². The smallest absolute Gasteiger partial charge is 0.273 e. The molecule has 19 heavy (non-hydrogen) atoms. The maximum absolute atomic E-state index is 12.1. The summed E-state index contributed by atoms with van der Waals surface area (Å²) in [7, 11) is -9.17. The summed E-state index contributed by atoms with van der Waals surface area (Å²) in [6.45, 7) is 8.62. The zero-order chi connectivity index (χ0) is 15.2. The largest absolute Gasteiger partial charge is 0.346 e. The van der Waals surface area contributed by atoms with Crippen LogP contribution in [-0.4, -0.2) is 21.4 Å². The summed E-state index contributed by atoms with van der Waals surface area (Å²) in [5, 5.41) is 0. The van der Waals surface area contributed by atoms with Crippen molar-refractivity contribution in [3.63, 3.8) is 0 Å². The van der Waals surface area contributed by atoms with Crippen molar-refractivity contribution < 1.29 is 21.4 Å². The zero-order valence-corrected chi connectivity index (χ0v) is 13.0. The van der Waals surface area contributed by atoms with Gasteiger partial charge in [-0.25, -0.2) is 8.42 Å². The van der Waals surface area contributed by atoms with Crippen LogP contribution in [0.5, 0.6) is 0 Å². The lowest BCUT2D eigenvalue weighted by atomic mass is 9.95. The predicted octanol–water partition coefficient (Wildman–Crippen LogP) is 1.31. The lowest BCUT2D eigenvalue weighted by Gasteiger charge is -2.18. The minimum absolute atomic E-state index is 0.106. The summed E-state index contributed by atoms with van der Waals surface area (Å²) >= 11 is 0. The van der Waals surface area contributed by atoms with Gasteiger partial charge >= 0.3 is 10.3 Å². The molecule has 0 unspecified atom stereocenters. The van der Waals surface area contributed by atoms with Crippen LogP contribution < -0.4 is 4.13 Å². The van der Waals surface area contributed by atoms with Gasteiger partial charge in [-0.15, -0.1) is 0 Å². The number of nitrogens with one attached hydrogen (secondary N) is 1. The molecule has 0 saturated carbocycles. The van der Waals surface area contributed by atoms with Gasteiger partial charge < -0.3 is 0 Å². The Morgan fingerprint density at radius 3 is 1.37 bits per heavy atom. The molecule has 2 N–H and O–H groups in total. The van der Waals surface area contributed by atoms with Gasteiger partial charge in [0.2, 0.25) is 0 Å². The standard InChI is InChI=1S/C11H17NO5S2/c1-6-7(2)9(4)11(10(5)8(6)3)18(13,14)12-19(15,16)17/h12H,1-5H3,(H,15,16,17). The fourth-order valence-electron chi connectivity index (χ4n) is 2.05. The molecule has 0 heterocycles. The molecule has 0 radical (unpaired) electrons. The van der Waals surface area contributed by atoms with E-state index >= 15 is 0 Å². The van der Waals surface area contributed by atoms with Crippen LogP contribution in [0.2, 0.25) is 0 Å². The molecular formula is C11H17NO5S2. The van der Waals surface area contributed by atoms with Gasteiger partial charge in [0.1, 0.15) is 0 Å². The molecule has 0 aliphatic rings. The number of hydrogen-bond donors (Lipinski definition) is 2. The van der Waals surface area contributed by atoms with Crippen LogP contribution in [0.25, 0.3) is 0 Å². The van der Waals surface area contributed by atoms with E-state index in [2.05, 4.69) is 0 Å². The van der Waals surface area contributed by atoms with Gasteiger partial charge in [-0.05, 0) is 62.4 Å². The Kier molecular flexibility index (Phi) is 4.12. The first-order valence-corrected chi connectivity index (χ1v) is 8.38. The Hall–Kier alpha value is -0.960. The summed E-state index contributed by atoms with van der Waals surface area (Å²) < 4.78 is 55.5. The molecule has 0 fully saturated rings. The Bertz CT molecular complexity index is 704. The zero-order valence-electron chi connectivity index (χ0n) is 11.4. The van der Waals surface area contributed by atoms with Crippen LogP contribution in [-0.2, 0) is 20.3 Å². The van der Waals surface area contributed by atoms with Gasteiger partial charge in [0.25, 0.3) is 10.0 Å². The van der Waals surface area contributed by atoms with Gasteiger partial charge in [-0.1, -0.05) is 4.13 Å². The number of benzene rings is 1. The van der Waals surface area contributed by atoms with Crippen molar-refractivity contribution in [2.24, 2.45) is 0 Å². The second-order valence-corrected chi connectivity index (χ2v) is 7.55. The Labute approximate surface area is 113 Å². The van der Waals surface area contributed by atoms with E-state index in [-0.39, 0.29) is 4.90 Å². The van der Waals surface area contributed by atoms with Crippen molar-refractivity contribution in [3.05, 3.63) is 27.8 Å². The highest BCUT2D eigenvalue weighted by Gasteiger charge is 2.27. The average Bonchev–Trinajstić information content (AvgIpc) is 2.20. The van der Waals surface area contributed by atoms with Crippen LogP contribution in [0.4, 0.5) is 0 Å². The highest BCUT2D eigenvalue weighted by Crippen LogP contribution is 2.29. The van der Waals surface area contributed by atoms with Gasteiger partial charge in [0.15, 0.2) is 0 Å². The second kappa shape index (κ2) is 4.86. The molecule has 0 aliphatic heterocycles. The van der Waals surface area contributed by atoms with E-state index in [9.17, 15) is 16.8 Å². The first-order chi connectivity index (χ1) is 8.38. The fraction of sp³-hybridized carbons (Fsp3) is 0.455. The molecule has 6 nitrogen and oxygen atoms in total. The van der Waals surface area contributed by atoms with Crippen LogP contribution in [0.1, 0.15) is 27.8 Å². The predicted molar refractivity (Wildman–Crippen MR) is 72.0 cm³/mol. The number of rotatable bonds is 3. The summed E-state index contributed by atoms with van der Waals surface area (Å²) in [6, 6.07) is 0. The van der Waals surface area contributed by atoms with Crippen LogP contribution in [0.3, 0.4) is 0 Å². The third-order valence-corrected chi connectivity index (χ3v) is 6.28. The molecule has 0 spiro atoms. The van der Waals surface area contributed by atoms with Gasteiger partial charge in [0.05, 0.1) is 4.90 Å². The molecule has 1 rings (SSSR count). The molecule has 8 heteroatoms. The molecule has 108 valence electrons. The second-order valence-electron chi connectivity index (χ2n) is 4.52. The first kappa shape index (κ1) is 16.1. The Morgan fingerprint density at radius 1 is 0.737 bits per heavy atom. The maximum Gasteiger partial charge on any atom is 0.346 e. The van der Waals surface area contributed by atoms with E-state index in [0.29, 0.717) is 11.1 Å². The summed E-state index contributed by atoms with van der Waals surface area (Å²) in [5.74, 6) is 0. The highest BCUT2D eigenvalue weighted by atomic mass is 32.3.